The van der Waals surface area contributed by atoms with Gasteiger partial charge in [-0.3, -0.25) is 14.3 Å². The molecule has 8 heteroatoms. The van der Waals surface area contributed by atoms with Gasteiger partial charge < -0.3 is 10.6 Å². The number of allylic oxidation sites excluding steroid dienone is 3. The molecule has 1 saturated heterocycles. The maximum absolute atomic E-state index is 13.5. The second-order valence-electron chi connectivity index (χ2n) is 9.59. The average molecular weight is 527 g/mol. The van der Waals surface area contributed by atoms with Crippen LogP contribution < -0.4 is 16.2 Å². The zero-order chi connectivity index (χ0) is 26.6. The number of hydrogen-bond donors (Lipinski definition) is 2. The van der Waals surface area contributed by atoms with Crippen molar-refractivity contribution in [3.8, 4) is 22.3 Å². The number of halogens is 1. The number of aromatic nitrogens is 4. The lowest BCUT2D eigenvalue weighted by atomic mass is 9.99. The quantitative estimate of drug-likeness (QED) is 0.284. The number of hydrogen-bond acceptors (Lipinski definition) is 6. The van der Waals surface area contributed by atoms with Crippen molar-refractivity contribution < 1.29 is 0 Å². The Morgan fingerprint density at radius 3 is 2.74 bits per heavy atom. The van der Waals surface area contributed by atoms with Crippen LogP contribution >= 0.6 is 11.6 Å². The Kier molecular flexibility index (Phi) is 7.67. The van der Waals surface area contributed by atoms with Crippen molar-refractivity contribution in [2.24, 2.45) is 5.92 Å². The van der Waals surface area contributed by atoms with E-state index in [4.69, 9.17) is 16.6 Å². The highest BCUT2D eigenvalue weighted by Gasteiger charge is 2.16. The fourth-order valence-electron chi connectivity index (χ4n) is 4.81. The topological polar surface area (TPSA) is 84.7 Å². The van der Waals surface area contributed by atoms with Crippen LogP contribution in [0.15, 0.2) is 83.2 Å². The molecule has 38 heavy (non-hydrogen) atoms. The smallest absolute Gasteiger partial charge is 0.260 e. The van der Waals surface area contributed by atoms with Crippen molar-refractivity contribution in [3.63, 3.8) is 0 Å². The van der Waals surface area contributed by atoms with Gasteiger partial charge >= 0.3 is 0 Å². The number of anilines is 1. The molecule has 1 aliphatic rings. The lowest BCUT2D eigenvalue weighted by Crippen LogP contribution is -2.22. The van der Waals surface area contributed by atoms with Crippen molar-refractivity contribution in [3.05, 3.63) is 93.8 Å². The molecule has 7 nitrogen and oxygen atoms in total. The first-order valence-electron chi connectivity index (χ1n) is 12.9. The minimum atomic E-state index is -0.142. The Hall–Kier alpha value is -3.81. The summed E-state index contributed by atoms with van der Waals surface area (Å²) in [6.07, 6.45) is 10.6. The Morgan fingerprint density at radius 1 is 1.16 bits per heavy atom. The van der Waals surface area contributed by atoms with Crippen LogP contribution in [0, 0.1) is 5.92 Å². The molecule has 0 aliphatic carbocycles. The van der Waals surface area contributed by atoms with E-state index in [0.29, 0.717) is 40.2 Å². The second-order valence-corrected chi connectivity index (χ2v) is 10.00. The van der Waals surface area contributed by atoms with E-state index in [0.717, 1.165) is 35.3 Å². The molecular weight excluding hydrogens is 496 g/mol. The average Bonchev–Trinajstić information content (AvgIpc) is 3.48. The van der Waals surface area contributed by atoms with Crippen LogP contribution in [0.5, 0.6) is 0 Å². The van der Waals surface area contributed by atoms with Crippen LogP contribution in [-0.4, -0.2) is 32.6 Å². The van der Waals surface area contributed by atoms with Crippen LogP contribution in [-0.2, 0) is 6.54 Å². The Morgan fingerprint density at radius 2 is 2.03 bits per heavy atom. The third-order valence-electron chi connectivity index (χ3n) is 7.01. The third-order valence-corrected chi connectivity index (χ3v) is 7.32. The van der Waals surface area contributed by atoms with E-state index in [1.807, 2.05) is 56.3 Å². The van der Waals surface area contributed by atoms with E-state index in [-0.39, 0.29) is 5.56 Å². The number of benzene rings is 1. The van der Waals surface area contributed by atoms with Crippen molar-refractivity contribution in [2.45, 2.75) is 33.7 Å². The lowest BCUT2D eigenvalue weighted by Gasteiger charge is -2.13. The third kappa shape index (κ3) is 5.39. The van der Waals surface area contributed by atoms with Crippen LogP contribution in [0.2, 0.25) is 5.02 Å². The molecule has 1 aliphatic heterocycles. The van der Waals surface area contributed by atoms with Gasteiger partial charge in [0.15, 0.2) is 0 Å². The van der Waals surface area contributed by atoms with Gasteiger partial charge in [-0.15, -0.1) is 0 Å². The van der Waals surface area contributed by atoms with E-state index < -0.39 is 0 Å². The first-order chi connectivity index (χ1) is 18.4. The van der Waals surface area contributed by atoms with Gasteiger partial charge in [-0.1, -0.05) is 41.4 Å². The van der Waals surface area contributed by atoms with Gasteiger partial charge in [-0.25, -0.2) is 4.98 Å². The van der Waals surface area contributed by atoms with Gasteiger partial charge in [0.05, 0.1) is 0 Å². The largest absolute Gasteiger partial charge is 0.328 e. The van der Waals surface area contributed by atoms with E-state index in [2.05, 4.69) is 33.6 Å². The molecule has 3 aromatic heterocycles. The normalized spacial score (nSPS) is 16.3. The van der Waals surface area contributed by atoms with Crippen LogP contribution in [0.4, 0.5) is 5.95 Å². The van der Waals surface area contributed by atoms with Gasteiger partial charge in [-0.05, 0) is 69.5 Å². The number of pyridine rings is 2. The van der Waals surface area contributed by atoms with E-state index >= 15 is 0 Å². The fraction of sp³-hybridized carbons (Fsp3) is 0.267. The molecule has 0 spiro atoms. The maximum atomic E-state index is 13.5. The first-order valence-corrected chi connectivity index (χ1v) is 13.3. The van der Waals surface area contributed by atoms with Crippen molar-refractivity contribution >= 4 is 28.6 Å². The Bertz CT molecular complexity index is 1590. The molecule has 1 aromatic carbocycles. The summed E-state index contributed by atoms with van der Waals surface area (Å²) in [7, 11) is 0. The van der Waals surface area contributed by atoms with Gasteiger partial charge in [-0.2, -0.15) is 4.98 Å². The summed E-state index contributed by atoms with van der Waals surface area (Å²) in [5.74, 6) is 1.04. The molecule has 0 amide bonds. The Balaban J connectivity index is 1.46. The zero-order valence-corrected chi connectivity index (χ0v) is 22.6. The molecule has 0 bridgehead atoms. The van der Waals surface area contributed by atoms with E-state index in [1.165, 1.54) is 12.0 Å². The SMILES string of the molecule is CCn1c(=O)c(-c2ccc(-c3cccnc3)cc2Cl)cc2cnc(N/C(C)=C/C=C(\C)C3CCNC3)nc21. The highest BCUT2D eigenvalue weighted by atomic mass is 35.5. The highest BCUT2D eigenvalue weighted by molar-refractivity contribution is 6.33. The van der Waals surface area contributed by atoms with E-state index in [9.17, 15) is 4.79 Å². The van der Waals surface area contributed by atoms with Crippen LogP contribution in [0.3, 0.4) is 0 Å². The fourth-order valence-corrected chi connectivity index (χ4v) is 5.09. The molecule has 4 heterocycles. The summed E-state index contributed by atoms with van der Waals surface area (Å²) in [6.45, 7) is 8.67. The summed E-state index contributed by atoms with van der Waals surface area (Å²) in [6, 6.07) is 11.4. The van der Waals surface area contributed by atoms with Gasteiger partial charge in [0, 0.05) is 64.5 Å². The molecule has 1 fully saturated rings. The highest BCUT2D eigenvalue weighted by Crippen LogP contribution is 2.32. The van der Waals surface area contributed by atoms with Gasteiger partial charge in [0.25, 0.3) is 5.56 Å². The van der Waals surface area contributed by atoms with Crippen molar-refractivity contribution in [2.75, 3.05) is 18.4 Å². The molecule has 194 valence electrons. The molecule has 1 unspecified atom stereocenters. The lowest BCUT2D eigenvalue weighted by molar-refractivity contribution is 0.682. The summed E-state index contributed by atoms with van der Waals surface area (Å²) in [4.78, 5) is 26.9. The number of nitrogens with zero attached hydrogens (tertiary/aromatic N) is 4. The number of rotatable bonds is 7. The standard InChI is InChI=1S/C30H31ClN6O/c1-4-37-28-24(18-34-30(36-28)35-20(3)8-7-19(2)22-11-13-33-16-22)14-26(29(37)38)25-10-9-21(15-27(25)31)23-6-5-12-32-17-23/h5-10,12,14-15,17-18,22,33H,4,11,13,16H2,1-3H3,(H,34,35,36)/b19-7+,20-8+. The van der Waals surface area contributed by atoms with Crippen molar-refractivity contribution in [1.82, 2.24) is 24.8 Å². The minimum Gasteiger partial charge on any atom is -0.328 e. The number of fused-ring (bicyclic) bond motifs is 1. The predicted octanol–water partition coefficient (Wildman–Crippen LogP) is 6.07. The molecule has 2 N–H and O–H groups in total. The molecule has 1 atom stereocenters. The molecule has 4 aromatic rings. The molecule has 0 radical (unpaired) electrons. The second kappa shape index (κ2) is 11.3. The molecule has 5 rings (SSSR count). The van der Waals surface area contributed by atoms with Crippen LogP contribution in [0.25, 0.3) is 33.3 Å². The predicted molar refractivity (Wildman–Crippen MR) is 155 cm³/mol. The Labute approximate surface area is 227 Å². The zero-order valence-electron chi connectivity index (χ0n) is 21.8. The van der Waals surface area contributed by atoms with Crippen molar-refractivity contribution in [1.29, 1.82) is 0 Å². The summed E-state index contributed by atoms with van der Waals surface area (Å²) >= 11 is 6.68. The summed E-state index contributed by atoms with van der Waals surface area (Å²) in [5, 5.41) is 7.94. The van der Waals surface area contributed by atoms with Crippen LogP contribution in [0.1, 0.15) is 27.2 Å². The minimum absolute atomic E-state index is 0.142. The van der Waals surface area contributed by atoms with Gasteiger partial charge in [0.2, 0.25) is 5.95 Å². The molecule has 0 saturated carbocycles. The molecular formula is C30H31ClN6O. The first kappa shape index (κ1) is 25.8. The van der Waals surface area contributed by atoms with Gasteiger partial charge in [0.1, 0.15) is 5.65 Å². The number of aryl methyl sites for hydroxylation is 1. The number of nitrogens with one attached hydrogen (secondary N) is 2. The maximum Gasteiger partial charge on any atom is 0.260 e. The summed E-state index contributed by atoms with van der Waals surface area (Å²) < 4.78 is 1.67. The van der Waals surface area contributed by atoms with E-state index in [1.54, 1.807) is 23.2 Å². The summed E-state index contributed by atoms with van der Waals surface area (Å²) in [5.41, 5.74) is 5.82. The monoisotopic (exact) mass is 526 g/mol.